The van der Waals surface area contributed by atoms with Crippen molar-refractivity contribution in [3.63, 3.8) is 0 Å². The van der Waals surface area contributed by atoms with Crippen molar-refractivity contribution < 1.29 is 0 Å². The first-order valence-corrected chi connectivity index (χ1v) is 8.35. The highest BCUT2D eigenvalue weighted by Gasteiger charge is 2.53. The fourth-order valence-corrected chi connectivity index (χ4v) is 5.76. The van der Waals surface area contributed by atoms with Gasteiger partial charge in [-0.2, -0.15) is 0 Å². The molecule has 0 aromatic rings. The van der Waals surface area contributed by atoms with Crippen molar-refractivity contribution >= 4 is 0 Å². The molecule has 4 aliphatic carbocycles. The van der Waals surface area contributed by atoms with Gasteiger partial charge in [-0.15, -0.1) is 0 Å². The minimum atomic E-state index is 0.243. The summed E-state index contributed by atoms with van der Waals surface area (Å²) < 4.78 is 0. The molecule has 0 aromatic heterocycles. The first-order chi connectivity index (χ1) is 9.53. The summed E-state index contributed by atoms with van der Waals surface area (Å²) in [5.41, 5.74) is 8.54. The molecule has 108 valence electrons. The van der Waals surface area contributed by atoms with Gasteiger partial charge < -0.3 is 5.73 Å². The van der Waals surface area contributed by atoms with Crippen LogP contribution in [0.4, 0.5) is 0 Å². The molecule has 20 heavy (non-hydrogen) atoms. The molecule has 0 radical (unpaired) electrons. The van der Waals surface area contributed by atoms with Crippen LogP contribution in [0.2, 0.25) is 0 Å². The fourth-order valence-electron chi connectivity index (χ4n) is 5.76. The molecule has 0 saturated heterocycles. The van der Waals surface area contributed by atoms with Crippen molar-refractivity contribution in [3.05, 3.63) is 36.0 Å². The van der Waals surface area contributed by atoms with Crippen molar-refractivity contribution in [1.82, 2.24) is 0 Å². The zero-order chi connectivity index (χ0) is 14.0. The van der Waals surface area contributed by atoms with Crippen LogP contribution in [0.25, 0.3) is 0 Å². The zero-order valence-corrected chi connectivity index (χ0v) is 12.8. The molecule has 0 aromatic carbocycles. The highest BCUT2D eigenvalue weighted by atomic mass is 14.6. The molecule has 0 spiro atoms. The highest BCUT2D eigenvalue weighted by molar-refractivity contribution is 5.33. The molecule has 1 fully saturated rings. The van der Waals surface area contributed by atoms with Gasteiger partial charge in [-0.1, -0.05) is 49.8 Å². The Morgan fingerprint density at radius 2 is 2.00 bits per heavy atom. The highest BCUT2D eigenvalue weighted by Crippen LogP contribution is 2.62. The Morgan fingerprint density at radius 3 is 2.85 bits per heavy atom. The molecule has 4 aliphatic rings. The monoisotopic (exact) mass is 269 g/mol. The third kappa shape index (κ3) is 1.59. The van der Waals surface area contributed by atoms with Gasteiger partial charge in [0.2, 0.25) is 0 Å². The lowest BCUT2D eigenvalue weighted by atomic mass is 9.49. The van der Waals surface area contributed by atoms with Crippen LogP contribution in [0.3, 0.4) is 0 Å². The van der Waals surface area contributed by atoms with Crippen LogP contribution in [0.1, 0.15) is 46.0 Å². The van der Waals surface area contributed by atoms with Crippen molar-refractivity contribution in [2.24, 2.45) is 34.3 Å². The second-order valence-electron chi connectivity index (χ2n) is 8.03. The van der Waals surface area contributed by atoms with E-state index < -0.39 is 0 Å². The lowest BCUT2D eigenvalue weighted by Crippen LogP contribution is -2.48. The van der Waals surface area contributed by atoms with Gasteiger partial charge in [0, 0.05) is 11.5 Å². The van der Waals surface area contributed by atoms with Crippen LogP contribution in [0.5, 0.6) is 0 Å². The maximum Gasteiger partial charge on any atom is 0.0262 e. The lowest BCUT2D eigenvalue weighted by Gasteiger charge is -2.55. The van der Waals surface area contributed by atoms with Gasteiger partial charge in [-0.3, -0.25) is 0 Å². The van der Waals surface area contributed by atoms with Gasteiger partial charge in [0.25, 0.3) is 0 Å². The van der Waals surface area contributed by atoms with E-state index in [4.69, 9.17) is 5.73 Å². The topological polar surface area (TPSA) is 26.0 Å². The van der Waals surface area contributed by atoms with Gasteiger partial charge in [0.1, 0.15) is 0 Å². The quantitative estimate of drug-likeness (QED) is 0.655. The average Bonchev–Trinajstić information content (AvgIpc) is 2.81. The normalized spacial score (nSPS) is 53.0. The van der Waals surface area contributed by atoms with Crippen molar-refractivity contribution in [3.8, 4) is 0 Å². The molecule has 0 amide bonds. The summed E-state index contributed by atoms with van der Waals surface area (Å²) in [7, 11) is 0. The summed E-state index contributed by atoms with van der Waals surface area (Å²) in [5.74, 6) is 2.58. The van der Waals surface area contributed by atoms with Crippen LogP contribution >= 0.6 is 0 Å². The van der Waals surface area contributed by atoms with Crippen molar-refractivity contribution in [2.45, 2.75) is 52.0 Å². The second-order valence-corrected chi connectivity index (χ2v) is 8.03. The molecule has 0 bridgehead atoms. The molecule has 0 heterocycles. The van der Waals surface area contributed by atoms with E-state index in [9.17, 15) is 0 Å². The SMILES string of the molecule is C[C@@]12C=CC[C@H]1[C@@H]1CC=C3CC(N)C=C[C@]3(C)[C@H]1CC2. The minimum Gasteiger partial charge on any atom is -0.324 e. The van der Waals surface area contributed by atoms with E-state index in [1.807, 2.05) is 0 Å². The summed E-state index contributed by atoms with van der Waals surface area (Å²) in [4.78, 5) is 0. The molecular weight excluding hydrogens is 242 g/mol. The summed E-state index contributed by atoms with van der Waals surface area (Å²) >= 11 is 0. The Bertz CT molecular complexity index is 514. The largest absolute Gasteiger partial charge is 0.324 e. The van der Waals surface area contributed by atoms with Gasteiger partial charge in [-0.05, 0) is 55.3 Å². The predicted octanol–water partition coefficient (Wildman–Crippen LogP) is 4.22. The maximum atomic E-state index is 6.14. The van der Waals surface area contributed by atoms with E-state index in [0.29, 0.717) is 10.8 Å². The summed E-state index contributed by atoms with van der Waals surface area (Å²) in [6.07, 6.45) is 18.7. The van der Waals surface area contributed by atoms with E-state index >= 15 is 0 Å². The number of fused-ring (bicyclic) bond motifs is 5. The summed E-state index contributed by atoms with van der Waals surface area (Å²) in [6, 6.07) is 0.243. The van der Waals surface area contributed by atoms with E-state index in [-0.39, 0.29) is 6.04 Å². The van der Waals surface area contributed by atoms with E-state index in [0.717, 1.165) is 24.2 Å². The number of nitrogens with two attached hydrogens (primary N) is 1. The standard InChI is InChI=1S/C19H27N/c1-18-9-3-4-16(18)15-6-5-13-12-14(20)7-11-19(13,2)17(15)8-10-18/h3,5,7,9,11,14-17H,4,6,8,10,12,20H2,1-2H3/t14?,15-,16-,17-,18-,19-/m0/s1. The van der Waals surface area contributed by atoms with Crippen molar-refractivity contribution in [1.29, 1.82) is 0 Å². The van der Waals surface area contributed by atoms with Gasteiger partial charge >= 0.3 is 0 Å². The summed E-state index contributed by atoms with van der Waals surface area (Å²) in [5, 5.41) is 0. The molecule has 1 nitrogen and oxygen atoms in total. The molecule has 4 rings (SSSR count). The van der Waals surface area contributed by atoms with Crippen LogP contribution < -0.4 is 5.73 Å². The third-order valence-electron chi connectivity index (χ3n) is 7.01. The van der Waals surface area contributed by atoms with Gasteiger partial charge in [0.15, 0.2) is 0 Å². The Balaban J connectivity index is 1.72. The lowest BCUT2D eigenvalue weighted by molar-refractivity contribution is 0.0119. The Morgan fingerprint density at radius 1 is 1.15 bits per heavy atom. The first kappa shape index (κ1) is 12.9. The maximum absolute atomic E-state index is 6.14. The molecule has 6 atom stereocenters. The molecule has 1 heteroatoms. The van der Waals surface area contributed by atoms with Crippen LogP contribution in [-0.4, -0.2) is 6.04 Å². The van der Waals surface area contributed by atoms with E-state index in [1.54, 1.807) is 5.57 Å². The summed E-state index contributed by atoms with van der Waals surface area (Å²) in [6.45, 7) is 4.97. The van der Waals surface area contributed by atoms with Crippen molar-refractivity contribution in [2.75, 3.05) is 0 Å². The predicted molar refractivity (Wildman–Crippen MR) is 84.1 cm³/mol. The van der Waals surface area contributed by atoms with Gasteiger partial charge in [0.05, 0.1) is 0 Å². The molecule has 1 unspecified atom stereocenters. The first-order valence-electron chi connectivity index (χ1n) is 8.35. The number of allylic oxidation sites excluding steroid dienone is 4. The average molecular weight is 269 g/mol. The Hall–Kier alpha value is -0.820. The number of rotatable bonds is 0. The Labute approximate surface area is 123 Å². The second kappa shape index (κ2) is 4.10. The smallest absolute Gasteiger partial charge is 0.0262 e. The van der Waals surface area contributed by atoms with E-state index in [1.165, 1.54) is 25.7 Å². The molecule has 0 aliphatic heterocycles. The van der Waals surface area contributed by atoms with Crippen LogP contribution in [0.15, 0.2) is 36.0 Å². The van der Waals surface area contributed by atoms with Crippen LogP contribution in [-0.2, 0) is 0 Å². The number of hydrogen-bond acceptors (Lipinski definition) is 1. The minimum absolute atomic E-state index is 0.243. The zero-order valence-electron chi connectivity index (χ0n) is 12.8. The molecule has 1 saturated carbocycles. The molecular formula is C19H27N. The van der Waals surface area contributed by atoms with Crippen LogP contribution in [0, 0.1) is 28.6 Å². The third-order valence-corrected chi connectivity index (χ3v) is 7.01. The fraction of sp³-hybridized carbons (Fsp3) is 0.684. The number of hydrogen-bond donors (Lipinski definition) is 1. The van der Waals surface area contributed by atoms with Gasteiger partial charge in [-0.25, -0.2) is 0 Å². The Kier molecular flexibility index (Phi) is 2.64. The molecule has 2 N–H and O–H groups in total. The van der Waals surface area contributed by atoms with E-state index in [2.05, 4.69) is 44.2 Å².